The van der Waals surface area contributed by atoms with Gasteiger partial charge in [-0.15, -0.1) is 4.40 Å². The van der Waals surface area contributed by atoms with Gasteiger partial charge in [0.05, 0.1) is 17.8 Å². The molecule has 0 bridgehead atoms. The van der Waals surface area contributed by atoms with E-state index in [1.807, 2.05) is 6.92 Å². The Morgan fingerprint density at radius 2 is 2.04 bits per heavy atom. The number of aromatic amines is 1. The number of imidazole rings is 1. The average molecular weight is 376 g/mol. The third kappa shape index (κ3) is 3.34. The van der Waals surface area contributed by atoms with Crippen molar-refractivity contribution in [3.63, 3.8) is 0 Å². The van der Waals surface area contributed by atoms with Crippen molar-refractivity contribution in [2.75, 3.05) is 6.61 Å². The number of fused-ring (bicyclic) bond motifs is 1. The van der Waals surface area contributed by atoms with Crippen molar-refractivity contribution >= 4 is 27.0 Å². The number of aliphatic hydroxyl groups excluding tert-OH is 1. The van der Waals surface area contributed by atoms with Crippen LogP contribution in [0.3, 0.4) is 0 Å². The highest BCUT2D eigenvalue weighted by molar-refractivity contribution is 7.90. The fourth-order valence-electron chi connectivity index (χ4n) is 2.35. The molecule has 0 fully saturated rings. The zero-order chi connectivity index (χ0) is 18.9. The van der Waals surface area contributed by atoms with Crippen LogP contribution in [0.4, 0.5) is 0 Å². The van der Waals surface area contributed by atoms with Gasteiger partial charge in [0.2, 0.25) is 0 Å². The molecule has 0 radical (unpaired) electrons. The molecule has 4 N–H and O–H groups in total. The quantitative estimate of drug-likeness (QED) is 0.401. The van der Waals surface area contributed by atoms with Crippen LogP contribution < -0.4 is 11.4 Å². The van der Waals surface area contributed by atoms with Gasteiger partial charge in [0.15, 0.2) is 11.5 Å². The summed E-state index contributed by atoms with van der Waals surface area (Å²) in [6, 6.07) is 6.12. The summed E-state index contributed by atoms with van der Waals surface area (Å²) in [5.74, 6) is -0.413. The predicted octanol–water partition coefficient (Wildman–Crippen LogP) is -0.485. The van der Waals surface area contributed by atoms with E-state index in [2.05, 4.69) is 19.3 Å². The topological polar surface area (TPSA) is 156 Å². The van der Waals surface area contributed by atoms with Gasteiger partial charge in [0.25, 0.3) is 10.0 Å². The van der Waals surface area contributed by atoms with E-state index in [1.54, 1.807) is 12.1 Å². The number of aliphatic hydroxyl groups is 1. The van der Waals surface area contributed by atoms with Crippen LogP contribution in [0.25, 0.3) is 11.2 Å². The zero-order valence-corrected chi connectivity index (χ0v) is 14.6. The third-order valence-corrected chi connectivity index (χ3v) is 4.93. The molecule has 0 saturated carbocycles. The fourth-order valence-corrected chi connectivity index (χ4v) is 3.29. The van der Waals surface area contributed by atoms with E-state index in [-0.39, 0.29) is 34.9 Å². The van der Waals surface area contributed by atoms with Gasteiger partial charge in [0, 0.05) is 6.54 Å². The minimum atomic E-state index is -4.06. The molecule has 2 heterocycles. The summed E-state index contributed by atoms with van der Waals surface area (Å²) in [5.41, 5.74) is 6.30. The molecule has 0 saturated heterocycles. The van der Waals surface area contributed by atoms with Gasteiger partial charge in [0.1, 0.15) is 11.2 Å². The van der Waals surface area contributed by atoms with Gasteiger partial charge in [-0.3, -0.25) is 0 Å². The van der Waals surface area contributed by atoms with Gasteiger partial charge in [-0.05, 0) is 19.1 Å². The first-order chi connectivity index (χ1) is 12.3. The van der Waals surface area contributed by atoms with Crippen LogP contribution in [0, 0.1) is 6.92 Å². The van der Waals surface area contributed by atoms with Crippen LogP contribution in [0.15, 0.2) is 44.7 Å². The van der Waals surface area contributed by atoms with Gasteiger partial charge in [-0.25, -0.2) is 9.78 Å². The van der Waals surface area contributed by atoms with Crippen molar-refractivity contribution in [1.29, 1.82) is 0 Å². The zero-order valence-electron chi connectivity index (χ0n) is 13.7. The molecule has 3 aromatic rings. The predicted molar refractivity (Wildman–Crippen MR) is 94.3 cm³/mol. The SMILES string of the molecule is Cc1ccc(S(=O)(=O)/N=C(/N)c2[nH]c(=O)nc3c2ncn3CCO)cc1. The second kappa shape index (κ2) is 6.69. The van der Waals surface area contributed by atoms with Crippen molar-refractivity contribution in [3.8, 4) is 0 Å². The number of hydrogen-bond acceptors (Lipinski definition) is 6. The molecule has 0 unspecified atom stereocenters. The molecule has 10 nitrogen and oxygen atoms in total. The smallest absolute Gasteiger partial charge is 0.347 e. The highest BCUT2D eigenvalue weighted by atomic mass is 32.2. The van der Waals surface area contributed by atoms with Crippen LogP contribution in [0.1, 0.15) is 11.3 Å². The number of benzene rings is 1. The van der Waals surface area contributed by atoms with Crippen molar-refractivity contribution in [2.45, 2.75) is 18.4 Å². The van der Waals surface area contributed by atoms with Crippen molar-refractivity contribution in [1.82, 2.24) is 19.5 Å². The molecule has 0 amide bonds. The molecule has 136 valence electrons. The minimum absolute atomic E-state index is 0.0236. The minimum Gasteiger partial charge on any atom is -0.395 e. The van der Waals surface area contributed by atoms with E-state index in [1.165, 1.54) is 23.0 Å². The van der Waals surface area contributed by atoms with E-state index in [0.29, 0.717) is 0 Å². The number of nitrogens with one attached hydrogen (secondary N) is 1. The molecule has 0 aliphatic rings. The number of hydrogen-bond donors (Lipinski definition) is 3. The maximum absolute atomic E-state index is 12.4. The normalized spacial score (nSPS) is 12.6. The van der Waals surface area contributed by atoms with Crippen LogP contribution >= 0.6 is 0 Å². The molecular formula is C15H16N6O4S. The Morgan fingerprint density at radius 1 is 1.35 bits per heavy atom. The van der Waals surface area contributed by atoms with E-state index in [9.17, 15) is 13.2 Å². The van der Waals surface area contributed by atoms with Crippen molar-refractivity contribution in [2.24, 2.45) is 10.1 Å². The van der Waals surface area contributed by atoms with Crippen molar-refractivity contribution in [3.05, 3.63) is 52.3 Å². The van der Waals surface area contributed by atoms with Crippen LogP contribution in [0.2, 0.25) is 0 Å². The first kappa shape index (κ1) is 17.8. The maximum atomic E-state index is 12.4. The Labute approximate surface area is 148 Å². The molecule has 0 atom stereocenters. The van der Waals surface area contributed by atoms with Crippen LogP contribution in [-0.4, -0.2) is 45.5 Å². The number of nitrogens with zero attached hydrogens (tertiary/aromatic N) is 4. The lowest BCUT2D eigenvalue weighted by Gasteiger charge is -2.04. The molecule has 2 aromatic heterocycles. The summed E-state index contributed by atoms with van der Waals surface area (Å²) < 4.78 is 29.9. The molecular weight excluding hydrogens is 360 g/mol. The van der Waals surface area contributed by atoms with Crippen molar-refractivity contribution < 1.29 is 13.5 Å². The Bertz CT molecular complexity index is 1150. The lowest BCUT2D eigenvalue weighted by Crippen LogP contribution is -2.24. The third-order valence-electron chi connectivity index (χ3n) is 3.62. The number of H-pyrrole nitrogens is 1. The lowest BCUT2D eigenvalue weighted by atomic mass is 10.2. The first-order valence-electron chi connectivity index (χ1n) is 7.55. The summed E-state index contributed by atoms with van der Waals surface area (Å²) >= 11 is 0. The second-order valence-electron chi connectivity index (χ2n) is 5.52. The number of amidine groups is 1. The Kier molecular flexibility index (Phi) is 4.57. The van der Waals surface area contributed by atoms with Crippen LogP contribution in [-0.2, 0) is 16.6 Å². The number of rotatable bonds is 5. The number of aryl methyl sites for hydroxylation is 1. The molecule has 0 aliphatic heterocycles. The number of sulfonamides is 1. The molecule has 1 aromatic carbocycles. The summed E-state index contributed by atoms with van der Waals surface area (Å²) in [7, 11) is -4.06. The Balaban J connectivity index is 2.12. The summed E-state index contributed by atoms with van der Waals surface area (Å²) in [6.07, 6.45) is 1.37. The van der Waals surface area contributed by atoms with Gasteiger partial charge < -0.3 is 20.4 Å². The average Bonchev–Trinajstić information content (AvgIpc) is 2.97. The highest BCUT2D eigenvalue weighted by Crippen LogP contribution is 2.16. The summed E-state index contributed by atoms with van der Waals surface area (Å²) in [6.45, 7) is 1.82. The highest BCUT2D eigenvalue weighted by Gasteiger charge is 2.18. The Hall–Kier alpha value is -3.05. The summed E-state index contributed by atoms with van der Waals surface area (Å²) in [5, 5.41) is 9.05. The number of aromatic nitrogens is 4. The van der Waals surface area contributed by atoms with E-state index < -0.39 is 21.5 Å². The lowest BCUT2D eigenvalue weighted by molar-refractivity contribution is 0.277. The second-order valence-corrected chi connectivity index (χ2v) is 7.12. The standard InChI is InChI=1S/C15H16N6O4S/c1-9-2-4-10(5-3-9)26(24,25)20-13(16)11-12-14(19-15(23)18-11)21(6-7-22)8-17-12/h2-5,8,22H,6-7H2,1H3,(H2,16,20)(H,18,19,23). The summed E-state index contributed by atoms with van der Waals surface area (Å²) in [4.78, 5) is 22.0. The molecule has 0 spiro atoms. The molecule has 11 heteroatoms. The molecule has 3 rings (SSSR count). The molecule has 0 aliphatic carbocycles. The maximum Gasteiger partial charge on any atom is 0.347 e. The van der Waals surface area contributed by atoms with E-state index in [4.69, 9.17) is 10.8 Å². The fraction of sp³-hybridized carbons (Fsp3) is 0.200. The first-order valence-corrected chi connectivity index (χ1v) is 8.99. The largest absolute Gasteiger partial charge is 0.395 e. The monoisotopic (exact) mass is 376 g/mol. The van der Waals surface area contributed by atoms with Gasteiger partial charge >= 0.3 is 5.69 Å². The van der Waals surface area contributed by atoms with E-state index in [0.717, 1.165) is 5.56 Å². The molecule has 26 heavy (non-hydrogen) atoms. The Morgan fingerprint density at radius 3 is 2.69 bits per heavy atom. The van der Waals surface area contributed by atoms with Gasteiger partial charge in [-0.2, -0.15) is 13.4 Å². The van der Waals surface area contributed by atoms with E-state index >= 15 is 0 Å². The number of nitrogens with two attached hydrogens (primary N) is 1. The van der Waals surface area contributed by atoms with Crippen LogP contribution in [0.5, 0.6) is 0 Å². The van der Waals surface area contributed by atoms with Gasteiger partial charge in [-0.1, -0.05) is 17.7 Å².